The van der Waals surface area contributed by atoms with Crippen molar-refractivity contribution in [2.75, 3.05) is 0 Å². The van der Waals surface area contributed by atoms with Gasteiger partial charge in [-0.1, -0.05) is 26.7 Å². The molecule has 0 aliphatic rings. The van der Waals surface area contributed by atoms with Gasteiger partial charge in [0.15, 0.2) is 0 Å². The van der Waals surface area contributed by atoms with E-state index >= 15 is 0 Å². The number of alkyl halides is 1. The van der Waals surface area contributed by atoms with Crippen molar-refractivity contribution < 1.29 is 4.39 Å². The molecule has 0 unspecified atom stereocenters. The lowest BCUT2D eigenvalue weighted by molar-refractivity contribution is 0.391. The van der Waals surface area contributed by atoms with Crippen LogP contribution < -0.4 is 0 Å². The predicted octanol–water partition coefficient (Wildman–Crippen LogP) is 3.17. The first-order valence-electron chi connectivity index (χ1n) is 3.29. The summed E-state index contributed by atoms with van der Waals surface area (Å²) in [5, 5.41) is 0. The summed E-state index contributed by atoms with van der Waals surface area (Å²) < 4.78 is 11.0. The Morgan fingerprint density at radius 2 is 1.25 bits per heavy atom. The molecule has 0 saturated carbocycles. The lowest BCUT2D eigenvalue weighted by Crippen LogP contribution is -1.73. The van der Waals surface area contributed by atoms with Crippen molar-refractivity contribution in [1.29, 1.82) is 0 Å². The molecule has 0 saturated heterocycles. The van der Waals surface area contributed by atoms with Crippen LogP contribution in [0, 0.1) is 0 Å². The van der Waals surface area contributed by atoms with Crippen LogP contribution in [0.15, 0.2) is 0 Å². The van der Waals surface area contributed by atoms with E-state index in [4.69, 9.17) is 0 Å². The third kappa shape index (κ3) is 167. The molecule has 0 nitrogen and oxygen atoms in total. The molecule has 8 heavy (non-hydrogen) atoms. The average molecular weight is 120 g/mol. The topological polar surface area (TPSA) is 0 Å². The maximum absolute atomic E-state index is 11.0. The van der Waals surface area contributed by atoms with Crippen LogP contribution in [0.2, 0.25) is 0 Å². The second kappa shape index (κ2) is 10.0. The van der Waals surface area contributed by atoms with Crippen molar-refractivity contribution in [1.82, 2.24) is 0 Å². The largest absolute Gasteiger partial charge is 0.248 e. The van der Waals surface area contributed by atoms with Crippen molar-refractivity contribution in [3.63, 3.8) is 0 Å². The van der Waals surface area contributed by atoms with Crippen LogP contribution in [0.4, 0.5) is 4.39 Å². The number of halogens is 1. The van der Waals surface area contributed by atoms with E-state index in [1.807, 2.05) is 0 Å². The van der Waals surface area contributed by atoms with Crippen LogP contribution in [-0.4, -0.2) is 6.17 Å². The molecule has 0 radical (unpaired) electrons. The van der Waals surface area contributed by atoms with Gasteiger partial charge >= 0.3 is 0 Å². The van der Waals surface area contributed by atoms with E-state index in [9.17, 15) is 4.39 Å². The van der Waals surface area contributed by atoms with Gasteiger partial charge in [-0.2, -0.15) is 0 Å². The quantitative estimate of drug-likeness (QED) is 0.498. The molecule has 0 aromatic rings. The van der Waals surface area contributed by atoms with Gasteiger partial charge < -0.3 is 0 Å². The highest BCUT2D eigenvalue weighted by Gasteiger charge is 1.73. The smallest absolute Gasteiger partial charge is 0.0945 e. The Morgan fingerprint density at radius 3 is 1.25 bits per heavy atom. The first kappa shape index (κ1) is 10.8. The molecule has 0 aliphatic heterocycles. The van der Waals surface area contributed by atoms with Crippen LogP contribution in [0.25, 0.3) is 0 Å². The average Bonchev–Trinajstić information content (AvgIpc) is 1.65. The highest BCUT2D eigenvalue weighted by molar-refractivity contribution is 4.22. The first-order chi connectivity index (χ1) is 3.65. The highest BCUT2D eigenvalue weighted by Crippen LogP contribution is 1.77. The monoisotopic (exact) mass is 120 g/mol. The molecular formula is C7H17F. The summed E-state index contributed by atoms with van der Waals surface area (Å²) in [7, 11) is 0. The van der Waals surface area contributed by atoms with Gasteiger partial charge in [0.2, 0.25) is 0 Å². The standard InChI is InChI=1S/C4H10.C3H7F/c1-3-4-2;1-3(2)4/h3-4H2,1-2H3;3H,1-2H3. The molecule has 0 N–H and O–H groups in total. The molecule has 0 aromatic carbocycles. The molecule has 0 amide bonds. The number of hydrogen-bond donors (Lipinski definition) is 0. The van der Waals surface area contributed by atoms with Crippen LogP contribution in [0.3, 0.4) is 0 Å². The molecule has 1 heteroatoms. The molecule has 0 bridgehead atoms. The summed E-state index contributed by atoms with van der Waals surface area (Å²) in [6, 6.07) is 0. The lowest BCUT2D eigenvalue weighted by Gasteiger charge is -1.74. The fourth-order valence-corrected chi connectivity index (χ4v) is 0. The fraction of sp³-hybridized carbons (Fsp3) is 1.00. The van der Waals surface area contributed by atoms with Gasteiger partial charge in [0, 0.05) is 0 Å². The second-order valence-electron chi connectivity index (χ2n) is 2.01. The van der Waals surface area contributed by atoms with E-state index in [1.54, 1.807) is 0 Å². The molecule has 52 valence electrons. The predicted molar refractivity (Wildman–Crippen MR) is 36.8 cm³/mol. The van der Waals surface area contributed by atoms with E-state index in [0.717, 1.165) is 0 Å². The van der Waals surface area contributed by atoms with Gasteiger partial charge in [0.05, 0.1) is 6.17 Å². The Kier molecular flexibility index (Phi) is 13.6. The number of hydrogen-bond acceptors (Lipinski definition) is 0. The van der Waals surface area contributed by atoms with Crippen LogP contribution in [0.5, 0.6) is 0 Å². The SMILES string of the molecule is CC(C)F.CCCC. The Hall–Kier alpha value is -0.0700. The van der Waals surface area contributed by atoms with Crippen LogP contribution in [0.1, 0.15) is 40.5 Å². The molecule has 0 aromatic heterocycles. The third-order valence-corrected chi connectivity index (χ3v) is 0.500. The summed E-state index contributed by atoms with van der Waals surface area (Å²) in [6.45, 7) is 7.36. The minimum absolute atomic E-state index is 0.667. The summed E-state index contributed by atoms with van der Waals surface area (Å²) in [5.74, 6) is 0. The van der Waals surface area contributed by atoms with E-state index in [0.29, 0.717) is 0 Å². The van der Waals surface area contributed by atoms with Crippen molar-refractivity contribution in [3.8, 4) is 0 Å². The molecule has 0 aliphatic carbocycles. The second-order valence-corrected chi connectivity index (χ2v) is 2.01. The molecule has 0 rings (SSSR count). The Labute approximate surface area is 52.1 Å². The Morgan fingerprint density at radius 1 is 1.12 bits per heavy atom. The van der Waals surface area contributed by atoms with E-state index in [2.05, 4.69) is 13.8 Å². The minimum atomic E-state index is -0.667. The highest BCUT2D eigenvalue weighted by atomic mass is 19.1. The van der Waals surface area contributed by atoms with Gasteiger partial charge in [0.1, 0.15) is 0 Å². The van der Waals surface area contributed by atoms with Gasteiger partial charge in [-0.3, -0.25) is 0 Å². The minimum Gasteiger partial charge on any atom is -0.248 e. The maximum atomic E-state index is 11.0. The van der Waals surface area contributed by atoms with Gasteiger partial charge in [0.25, 0.3) is 0 Å². The van der Waals surface area contributed by atoms with Gasteiger partial charge in [-0.15, -0.1) is 0 Å². The Balaban J connectivity index is 0. The van der Waals surface area contributed by atoms with Crippen molar-refractivity contribution in [2.45, 2.75) is 46.7 Å². The zero-order valence-corrected chi connectivity index (χ0v) is 6.37. The van der Waals surface area contributed by atoms with Crippen molar-refractivity contribution >= 4 is 0 Å². The summed E-state index contributed by atoms with van der Waals surface area (Å²) in [6.07, 6.45) is 1.97. The zero-order chi connectivity index (χ0) is 6.99. The van der Waals surface area contributed by atoms with Gasteiger partial charge in [-0.25, -0.2) is 4.39 Å². The van der Waals surface area contributed by atoms with Crippen molar-refractivity contribution in [3.05, 3.63) is 0 Å². The number of unbranched alkanes of at least 4 members (excludes halogenated alkanes) is 1. The lowest BCUT2D eigenvalue weighted by atomic mass is 10.4. The first-order valence-corrected chi connectivity index (χ1v) is 3.29. The van der Waals surface area contributed by atoms with Crippen LogP contribution >= 0.6 is 0 Å². The molecular weight excluding hydrogens is 103 g/mol. The summed E-state index contributed by atoms with van der Waals surface area (Å²) >= 11 is 0. The van der Waals surface area contributed by atoms with Crippen LogP contribution in [-0.2, 0) is 0 Å². The van der Waals surface area contributed by atoms with E-state index < -0.39 is 6.17 Å². The molecule has 0 fully saturated rings. The van der Waals surface area contributed by atoms with Crippen molar-refractivity contribution in [2.24, 2.45) is 0 Å². The Bertz CT molecular complexity index is 20.8. The van der Waals surface area contributed by atoms with E-state index in [1.165, 1.54) is 26.7 Å². The van der Waals surface area contributed by atoms with Gasteiger partial charge in [-0.05, 0) is 13.8 Å². The normalized spacial score (nSPS) is 8.25. The maximum Gasteiger partial charge on any atom is 0.0945 e. The molecule has 0 spiro atoms. The molecule has 0 atom stereocenters. The third-order valence-electron chi connectivity index (χ3n) is 0.500. The molecule has 0 heterocycles. The number of rotatable bonds is 1. The summed E-state index contributed by atoms with van der Waals surface area (Å²) in [4.78, 5) is 0. The van der Waals surface area contributed by atoms with E-state index in [-0.39, 0.29) is 0 Å². The fourth-order valence-electron chi connectivity index (χ4n) is 0. The zero-order valence-electron chi connectivity index (χ0n) is 6.37. The summed E-state index contributed by atoms with van der Waals surface area (Å²) in [5.41, 5.74) is 0.